The third kappa shape index (κ3) is 17.6. The van der Waals surface area contributed by atoms with Crippen molar-refractivity contribution < 1.29 is 39.6 Å². The molecule has 0 spiro atoms. The van der Waals surface area contributed by atoms with Crippen molar-refractivity contribution in [2.75, 3.05) is 111 Å². The highest BCUT2D eigenvalue weighted by atomic mass is 16.4. The van der Waals surface area contributed by atoms with Gasteiger partial charge in [0.05, 0.1) is 23.7 Å². The van der Waals surface area contributed by atoms with E-state index in [1.807, 2.05) is 0 Å². The zero-order valence-corrected chi connectivity index (χ0v) is 47.5. The second-order valence-corrected chi connectivity index (χ2v) is 25.1. The zero-order chi connectivity index (χ0) is 55.8. The summed E-state index contributed by atoms with van der Waals surface area (Å²) in [6, 6.07) is 25.8. The van der Waals surface area contributed by atoms with Gasteiger partial charge in [0.2, 0.25) is 0 Å². The number of benzene rings is 3. The van der Waals surface area contributed by atoms with Gasteiger partial charge in [-0.1, -0.05) is 85.6 Å². The van der Waals surface area contributed by atoms with Crippen molar-refractivity contribution in [3.63, 3.8) is 0 Å². The fourth-order valence-corrected chi connectivity index (χ4v) is 14.8. The number of nitrogens with one attached hydrogen (secondary N) is 4. The Hall–Kier alpha value is -4.78. The molecule has 9 rings (SSSR count). The van der Waals surface area contributed by atoms with Crippen LogP contribution < -0.4 is 21.3 Å². The second kappa shape index (κ2) is 30.0. The van der Waals surface area contributed by atoms with Crippen LogP contribution in [0.15, 0.2) is 72.8 Å². The highest BCUT2D eigenvalue weighted by Crippen LogP contribution is 2.37. The van der Waals surface area contributed by atoms with Crippen molar-refractivity contribution in [2.45, 2.75) is 96.7 Å². The number of carboxylic acid groups (broad SMARTS) is 4. The van der Waals surface area contributed by atoms with Gasteiger partial charge in [0, 0.05) is 78.5 Å². The Morgan fingerprint density at radius 3 is 1.05 bits per heavy atom. The van der Waals surface area contributed by atoms with Gasteiger partial charge in [0.25, 0.3) is 0 Å². The molecule has 16 heteroatoms. The molecule has 16 nitrogen and oxygen atoms in total. The first-order valence-corrected chi connectivity index (χ1v) is 30.8. The maximum absolute atomic E-state index is 12.7. The lowest BCUT2D eigenvalue weighted by Gasteiger charge is -2.38. The van der Waals surface area contributed by atoms with Crippen LogP contribution in [0.25, 0.3) is 0 Å². The molecule has 0 bridgehead atoms. The van der Waals surface area contributed by atoms with Gasteiger partial charge in [-0.05, 0) is 185 Å². The molecule has 6 aliphatic rings. The van der Waals surface area contributed by atoms with Crippen molar-refractivity contribution >= 4 is 23.9 Å². The van der Waals surface area contributed by atoms with Crippen LogP contribution in [0.3, 0.4) is 0 Å². The summed E-state index contributed by atoms with van der Waals surface area (Å²) in [5, 5.41) is 55.0. The summed E-state index contributed by atoms with van der Waals surface area (Å²) in [4.78, 5) is 60.9. The van der Waals surface area contributed by atoms with Gasteiger partial charge in [0.1, 0.15) is 0 Å². The van der Waals surface area contributed by atoms with Gasteiger partial charge in [-0.25, -0.2) is 0 Å². The van der Waals surface area contributed by atoms with Gasteiger partial charge >= 0.3 is 23.9 Å². The van der Waals surface area contributed by atoms with Crippen molar-refractivity contribution in [3.05, 3.63) is 106 Å². The van der Waals surface area contributed by atoms with Gasteiger partial charge < -0.3 is 46.6 Å². The third-order valence-electron chi connectivity index (χ3n) is 19.4. The van der Waals surface area contributed by atoms with E-state index in [9.17, 15) is 39.6 Å². The predicted octanol–water partition coefficient (Wildman–Crippen LogP) is 5.87. The van der Waals surface area contributed by atoms with E-state index in [1.54, 1.807) is 0 Å². The minimum Gasteiger partial charge on any atom is -0.481 e. The molecule has 80 heavy (non-hydrogen) atoms. The van der Waals surface area contributed by atoms with E-state index in [1.165, 1.54) is 16.7 Å². The van der Waals surface area contributed by atoms with Crippen molar-refractivity contribution in [2.24, 2.45) is 59.2 Å². The lowest BCUT2D eigenvalue weighted by molar-refractivity contribution is -0.145. The van der Waals surface area contributed by atoms with Crippen molar-refractivity contribution in [1.82, 2.24) is 40.9 Å². The van der Waals surface area contributed by atoms with E-state index in [0.717, 1.165) is 205 Å². The van der Waals surface area contributed by atoms with Gasteiger partial charge in [-0.3, -0.25) is 33.9 Å². The Labute approximate surface area is 475 Å². The summed E-state index contributed by atoms with van der Waals surface area (Å²) < 4.78 is 0. The second-order valence-electron chi connectivity index (χ2n) is 25.1. The minimum atomic E-state index is -0.730. The molecule has 438 valence electrons. The van der Waals surface area contributed by atoms with Crippen LogP contribution in [-0.4, -0.2) is 175 Å². The monoisotopic (exact) mass is 1100 g/mol. The minimum absolute atomic E-state index is 0.113. The molecule has 0 radical (unpaired) electrons. The average Bonchev–Trinajstić information content (AvgIpc) is 4.32. The molecule has 1 aliphatic carbocycles. The highest BCUT2D eigenvalue weighted by molar-refractivity contribution is 5.72. The molecule has 5 saturated heterocycles. The molecule has 10 atom stereocenters. The zero-order valence-electron chi connectivity index (χ0n) is 47.5. The molecular formula is C64H94N8O8. The largest absolute Gasteiger partial charge is 0.481 e. The quantitative estimate of drug-likeness (QED) is 0.0527. The van der Waals surface area contributed by atoms with Gasteiger partial charge in [0.15, 0.2) is 0 Å². The first-order valence-electron chi connectivity index (χ1n) is 30.8. The molecule has 6 fully saturated rings. The summed E-state index contributed by atoms with van der Waals surface area (Å²) in [7, 11) is 0. The van der Waals surface area contributed by atoms with Crippen LogP contribution in [-0.2, 0) is 58.1 Å². The first kappa shape index (κ1) is 59.8. The summed E-state index contributed by atoms with van der Waals surface area (Å²) in [5.41, 5.74) is 6.72. The van der Waals surface area contributed by atoms with Crippen molar-refractivity contribution in [1.29, 1.82) is 0 Å². The van der Waals surface area contributed by atoms with Crippen LogP contribution in [0.2, 0.25) is 0 Å². The van der Waals surface area contributed by atoms with Gasteiger partial charge in [-0.15, -0.1) is 0 Å². The molecule has 3 aromatic carbocycles. The number of hydrogen-bond acceptors (Lipinski definition) is 12. The van der Waals surface area contributed by atoms with Crippen LogP contribution in [0.1, 0.15) is 91.2 Å². The third-order valence-corrected chi connectivity index (χ3v) is 19.4. The first-order chi connectivity index (χ1) is 38.9. The summed E-state index contributed by atoms with van der Waals surface area (Å²) in [6.07, 6.45) is 10.3. The summed E-state index contributed by atoms with van der Waals surface area (Å²) in [6.45, 7) is 16.4. The molecule has 5 heterocycles. The van der Waals surface area contributed by atoms with Crippen molar-refractivity contribution in [3.8, 4) is 0 Å². The number of carboxylic acids is 4. The van der Waals surface area contributed by atoms with E-state index < -0.39 is 41.6 Å². The van der Waals surface area contributed by atoms with Crippen LogP contribution >= 0.6 is 0 Å². The number of carbonyl (C=O) groups is 4. The fraction of sp³-hybridized carbons (Fsp3) is 0.656. The topological polar surface area (TPSA) is 210 Å². The average molecular weight is 1100 g/mol. The van der Waals surface area contributed by atoms with E-state index in [-0.39, 0.29) is 29.6 Å². The smallest absolute Gasteiger partial charge is 0.307 e. The lowest BCUT2D eigenvalue weighted by Crippen LogP contribution is -2.46. The SMILES string of the molecule is O=C(O)C(Cc1cccc(CN2CCN(Cc3cccc(C[C@H](C(=O)O)[C@H]4CCNC4)c3)CCN(Cc3cccc(C[C@H](C(=O)O)[C@H]4CCNC4)c3)CCN(CC3CCCC(C[C@H](C(=O)O)[C@H]4CCNC4)C3)CC2)c1)[C@H]1CCNC1. The van der Waals surface area contributed by atoms with E-state index in [0.29, 0.717) is 31.1 Å². The Morgan fingerprint density at radius 1 is 0.412 bits per heavy atom. The molecule has 3 aromatic rings. The molecule has 8 N–H and O–H groups in total. The molecular weight excluding hydrogens is 1010 g/mol. The van der Waals surface area contributed by atoms with Crippen LogP contribution in [0.4, 0.5) is 0 Å². The van der Waals surface area contributed by atoms with E-state index in [4.69, 9.17) is 0 Å². The molecule has 0 amide bonds. The Kier molecular flexibility index (Phi) is 22.4. The van der Waals surface area contributed by atoms with Gasteiger partial charge in [-0.2, -0.15) is 0 Å². The van der Waals surface area contributed by atoms with E-state index >= 15 is 0 Å². The summed E-state index contributed by atoms with van der Waals surface area (Å²) in [5.74, 6) is -2.99. The molecule has 5 aliphatic heterocycles. The number of rotatable bonds is 24. The highest BCUT2D eigenvalue weighted by Gasteiger charge is 2.36. The Bertz CT molecular complexity index is 2360. The molecule has 3 unspecified atom stereocenters. The maximum Gasteiger partial charge on any atom is 0.307 e. The normalized spacial score (nSPS) is 26.8. The predicted molar refractivity (Wildman–Crippen MR) is 311 cm³/mol. The standard InChI is InChI=1S/C64H94N8O8/c73-61(74)57(53-13-17-65-37-53)33-45-5-1-9-49(29-45)41-69-21-23-70(42-50-10-2-6-46(30-50)34-58(62(75)76)54-14-18-66-38-54)25-27-72(44-52-12-4-8-48(32-52)36-60(64(79)80)56-16-20-68-40-56)28-26-71(24-22-69)43-51-11-3-7-47(31-51)35-59(63(77)78)55-15-19-67-39-55/h1-3,5-7,9-11,29-31,48,52-60,65-68H,4,8,12-28,32-44H2,(H,73,74)(H,75,76)(H,77,78)(H,79,80)/t48?,52?,53-,54-,55-,56-,57-,58-,59?,60-/m0/s1. The fourth-order valence-electron chi connectivity index (χ4n) is 14.8. The Morgan fingerprint density at radius 2 is 0.725 bits per heavy atom. The number of nitrogens with zero attached hydrogens (tertiary/aromatic N) is 4. The molecule has 0 aromatic heterocycles. The lowest BCUT2D eigenvalue weighted by atomic mass is 9.74. The number of hydrogen-bond donors (Lipinski definition) is 8. The van der Waals surface area contributed by atoms with Crippen LogP contribution in [0.5, 0.6) is 0 Å². The Balaban J connectivity index is 0.964. The molecule has 1 saturated carbocycles. The van der Waals surface area contributed by atoms with Crippen LogP contribution in [0, 0.1) is 59.2 Å². The summed E-state index contributed by atoms with van der Waals surface area (Å²) >= 11 is 0. The van der Waals surface area contributed by atoms with E-state index in [2.05, 4.69) is 114 Å². The maximum atomic E-state index is 12.7. The number of aliphatic carboxylic acids is 4.